The van der Waals surface area contributed by atoms with Gasteiger partial charge in [-0.25, -0.2) is 9.18 Å². The first-order chi connectivity index (χ1) is 15.5. The van der Waals surface area contributed by atoms with Crippen LogP contribution in [0.3, 0.4) is 0 Å². The molecule has 1 spiro atoms. The summed E-state index contributed by atoms with van der Waals surface area (Å²) in [6, 6.07) is 9.98. The molecule has 2 aliphatic heterocycles. The third-order valence-corrected chi connectivity index (χ3v) is 7.13. The van der Waals surface area contributed by atoms with Gasteiger partial charge in [-0.1, -0.05) is 30.3 Å². The number of halogens is 1. The molecule has 1 saturated carbocycles. The molecule has 176 valence electrons. The Morgan fingerprint density at radius 3 is 2.72 bits per heavy atom. The van der Waals surface area contributed by atoms with Gasteiger partial charge in [-0.05, 0) is 56.9 Å². The molecule has 3 atom stereocenters. The number of carbonyl (C=O) groups is 2. The first-order valence-electron chi connectivity index (χ1n) is 11.8. The lowest BCUT2D eigenvalue weighted by Gasteiger charge is -2.51. The number of morpholine rings is 1. The Kier molecular flexibility index (Phi) is 7.30. The summed E-state index contributed by atoms with van der Waals surface area (Å²) in [5.74, 6) is -0.223. The highest BCUT2D eigenvalue weighted by atomic mass is 19.1. The summed E-state index contributed by atoms with van der Waals surface area (Å²) in [5.41, 5.74) is 0.548. The van der Waals surface area contributed by atoms with Gasteiger partial charge in [0.25, 0.3) is 12.3 Å². The number of rotatable bonds is 5. The van der Waals surface area contributed by atoms with Gasteiger partial charge in [0.15, 0.2) is 0 Å². The lowest BCUT2D eigenvalue weighted by Crippen LogP contribution is -2.73. The lowest BCUT2D eigenvalue weighted by atomic mass is 9.80. The molecule has 0 unspecified atom stereocenters. The van der Waals surface area contributed by atoms with Crippen molar-refractivity contribution in [2.75, 3.05) is 26.3 Å². The predicted molar refractivity (Wildman–Crippen MR) is 118 cm³/mol. The molecule has 0 bridgehead atoms. The summed E-state index contributed by atoms with van der Waals surface area (Å²) in [7, 11) is 0. The number of urea groups is 1. The fraction of sp³-hybridized carbons (Fsp3) is 0.667. The Balaban J connectivity index is 1.42. The number of hydrogen-bond donors (Lipinski definition) is 2. The van der Waals surface area contributed by atoms with Gasteiger partial charge in [0, 0.05) is 13.1 Å². The number of amides is 3. The number of likely N-dealkylation sites (tertiary alicyclic amines) is 1. The minimum Gasteiger partial charge on any atom is -0.376 e. The van der Waals surface area contributed by atoms with Crippen molar-refractivity contribution >= 4 is 11.9 Å². The van der Waals surface area contributed by atoms with Gasteiger partial charge in [-0.3, -0.25) is 4.79 Å². The van der Waals surface area contributed by atoms with E-state index in [1.54, 1.807) is 4.90 Å². The highest BCUT2D eigenvalue weighted by molar-refractivity contribution is 5.81. The Morgan fingerprint density at radius 2 is 2.03 bits per heavy atom. The molecule has 0 aromatic heterocycles. The summed E-state index contributed by atoms with van der Waals surface area (Å²) in [6.07, 6.45) is 3.51. The van der Waals surface area contributed by atoms with Crippen molar-refractivity contribution < 1.29 is 23.5 Å². The van der Waals surface area contributed by atoms with Crippen LogP contribution in [0.4, 0.5) is 9.18 Å². The second kappa shape index (κ2) is 10.2. The van der Waals surface area contributed by atoms with Gasteiger partial charge in [-0.15, -0.1) is 0 Å². The van der Waals surface area contributed by atoms with E-state index in [2.05, 4.69) is 34.9 Å². The maximum absolute atomic E-state index is 13.7. The SMILES string of the molecule is CCNC(=O)N1CCC[C@]2(CO[C@@H](F)C(=O)N2)[C@H]1COC1CCC(c2ccccc2)CC1. The van der Waals surface area contributed by atoms with Crippen LogP contribution >= 0.6 is 0 Å². The average molecular weight is 448 g/mol. The number of carbonyl (C=O) groups excluding carboxylic acids is 2. The second-order valence-electron chi connectivity index (χ2n) is 9.14. The summed E-state index contributed by atoms with van der Waals surface area (Å²) in [4.78, 5) is 26.6. The van der Waals surface area contributed by atoms with Crippen molar-refractivity contribution in [2.45, 2.75) is 75.4 Å². The Morgan fingerprint density at radius 1 is 1.28 bits per heavy atom. The molecule has 3 aliphatic rings. The van der Waals surface area contributed by atoms with Crippen LogP contribution in [0, 0.1) is 0 Å². The van der Waals surface area contributed by atoms with Gasteiger partial charge < -0.3 is 25.0 Å². The molecule has 0 radical (unpaired) electrons. The van der Waals surface area contributed by atoms with Crippen LogP contribution in [0.25, 0.3) is 0 Å². The van der Waals surface area contributed by atoms with Crippen LogP contribution in [-0.2, 0) is 14.3 Å². The largest absolute Gasteiger partial charge is 0.376 e. The third-order valence-electron chi connectivity index (χ3n) is 7.13. The number of ether oxygens (including phenoxy) is 2. The zero-order valence-electron chi connectivity index (χ0n) is 18.7. The average Bonchev–Trinajstić information content (AvgIpc) is 2.82. The standard InChI is InChI=1S/C24H34FN3O4/c1-2-26-23(30)28-14-6-13-24(16-32-21(25)22(29)27-24)20(28)15-31-19-11-9-18(10-12-19)17-7-4-3-5-8-17/h3-5,7-8,18-21H,2,6,9-16H2,1H3,(H,26,30)(H,27,29)/t18?,19?,20-,21-,24+/m1/s1. The van der Waals surface area contributed by atoms with E-state index < -0.39 is 23.8 Å². The van der Waals surface area contributed by atoms with E-state index in [4.69, 9.17) is 9.47 Å². The summed E-state index contributed by atoms with van der Waals surface area (Å²) in [5, 5.41) is 5.69. The summed E-state index contributed by atoms with van der Waals surface area (Å²) >= 11 is 0. The highest BCUT2D eigenvalue weighted by Gasteiger charge is 2.51. The van der Waals surface area contributed by atoms with Crippen LogP contribution in [0.15, 0.2) is 30.3 Å². The molecule has 4 rings (SSSR count). The second-order valence-corrected chi connectivity index (χ2v) is 9.14. The van der Waals surface area contributed by atoms with Crippen LogP contribution in [0.1, 0.15) is 56.9 Å². The zero-order valence-corrected chi connectivity index (χ0v) is 18.7. The topological polar surface area (TPSA) is 79.9 Å². The molecular formula is C24H34FN3O4. The molecule has 2 heterocycles. The van der Waals surface area contributed by atoms with E-state index in [0.29, 0.717) is 38.5 Å². The molecule has 3 amide bonds. The molecule has 8 heteroatoms. The van der Waals surface area contributed by atoms with E-state index in [1.165, 1.54) is 5.56 Å². The van der Waals surface area contributed by atoms with E-state index in [-0.39, 0.29) is 18.7 Å². The fourth-order valence-corrected chi connectivity index (χ4v) is 5.40. The number of hydrogen-bond acceptors (Lipinski definition) is 4. The van der Waals surface area contributed by atoms with E-state index in [1.807, 2.05) is 13.0 Å². The number of nitrogens with zero attached hydrogens (tertiary/aromatic N) is 1. The normalized spacial score (nSPS) is 33.1. The van der Waals surface area contributed by atoms with Crippen molar-refractivity contribution in [3.05, 3.63) is 35.9 Å². The van der Waals surface area contributed by atoms with Crippen LogP contribution < -0.4 is 10.6 Å². The van der Waals surface area contributed by atoms with Gasteiger partial charge in [0.05, 0.1) is 30.9 Å². The van der Waals surface area contributed by atoms with Crippen molar-refractivity contribution in [3.8, 4) is 0 Å². The Labute approximate surface area is 189 Å². The van der Waals surface area contributed by atoms with Gasteiger partial charge in [-0.2, -0.15) is 0 Å². The summed E-state index contributed by atoms with van der Waals surface area (Å²) in [6.45, 7) is 3.27. The first kappa shape index (κ1) is 23.0. The van der Waals surface area contributed by atoms with Crippen molar-refractivity contribution in [1.82, 2.24) is 15.5 Å². The molecule has 7 nitrogen and oxygen atoms in total. The molecule has 3 fully saturated rings. The van der Waals surface area contributed by atoms with E-state index in [0.717, 1.165) is 25.7 Å². The quantitative estimate of drug-likeness (QED) is 0.727. The lowest BCUT2D eigenvalue weighted by molar-refractivity contribution is -0.172. The van der Waals surface area contributed by atoms with E-state index in [9.17, 15) is 14.0 Å². The monoisotopic (exact) mass is 447 g/mol. The number of nitrogens with one attached hydrogen (secondary N) is 2. The zero-order chi connectivity index (χ0) is 22.6. The van der Waals surface area contributed by atoms with Gasteiger partial charge >= 0.3 is 6.03 Å². The maximum atomic E-state index is 13.7. The van der Waals surface area contributed by atoms with Crippen molar-refractivity contribution in [1.29, 1.82) is 0 Å². The molecule has 1 aromatic rings. The Bertz CT molecular complexity index is 787. The minimum atomic E-state index is -1.96. The number of piperidine rings is 1. The molecule has 2 N–H and O–H groups in total. The molecular weight excluding hydrogens is 413 g/mol. The molecule has 1 aromatic carbocycles. The van der Waals surface area contributed by atoms with Gasteiger partial charge in [0.2, 0.25) is 0 Å². The number of alkyl halides is 1. The summed E-state index contributed by atoms with van der Waals surface area (Å²) < 4.78 is 25.2. The molecule has 32 heavy (non-hydrogen) atoms. The van der Waals surface area contributed by atoms with Crippen molar-refractivity contribution in [3.63, 3.8) is 0 Å². The fourth-order valence-electron chi connectivity index (χ4n) is 5.40. The van der Waals surface area contributed by atoms with Crippen molar-refractivity contribution in [2.24, 2.45) is 0 Å². The van der Waals surface area contributed by atoms with Crippen LogP contribution in [0.5, 0.6) is 0 Å². The minimum absolute atomic E-state index is 0.0323. The molecule has 1 aliphatic carbocycles. The third kappa shape index (κ3) is 4.91. The van der Waals surface area contributed by atoms with Crippen LogP contribution in [0.2, 0.25) is 0 Å². The maximum Gasteiger partial charge on any atom is 0.317 e. The first-order valence-corrected chi connectivity index (χ1v) is 11.8. The van der Waals surface area contributed by atoms with E-state index >= 15 is 0 Å². The van der Waals surface area contributed by atoms with Gasteiger partial charge in [0.1, 0.15) is 0 Å². The van der Waals surface area contributed by atoms with Crippen LogP contribution in [-0.4, -0.2) is 67.2 Å². The predicted octanol–water partition coefficient (Wildman–Crippen LogP) is 3.10. The Hall–Kier alpha value is -2.19. The number of benzene rings is 1. The highest BCUT2D eigenvalue weighted by Crippen LogP contribution is 2.36. The molecule has 2 saturated heterocycles. The smallest absolute Gasteiger partial charge is 0.317 e.